The smallest absolute Gasteiger partial charge is 0.360 e. The number of methoxy groups -OCH3 is 1. The van der Waals surface area contributed by atoms with Gasteiger partial charge in [-0.25, -0.2) is 9.48 Å². The lowest BCUT2D eigenvalue weighted by Crippen LogP contribution is -2.09. The van der Waals surface area contributed by atoms with E-state index < -0.39 is 5.97 Å². The number of hydrogen-bond donors (Lipinski definition) is 0. The number of nitrogens with zero attached hydrogens (tertiary/aromatic N) is 3. The fourth-order valence-electron chi connectivity index (χ4n) is 4.59. The van der Waals surface area contributed by atoms with Crippen LogP contribution in [0.4, 0.5) is 0 Å². The Balaban J connectivity index is 1.65. The van der Waals surface area contributed by atoms with Gasteiger partial charge < -0.3 is 14.2 Å². The third-order valence-electron chi connectivity index (χ3n) is 6.85. The van der Waals surface area contributed by atoms with Crippen molar-refractivity contribution >= 4 is 21.9 Å². The molecule has 5 rings (SSSR count). The van der Waals surface area contributed by atoms with Gasteiger partial charge in [0.25, 0.3) is 0 Å². The van der Waals surface area contributed by atoms with Crippen molar-refractivity contribution in [2.24, 2.45) is 0 Å². The largest absolute Gasteiger partial charge is 0.488 e. The van der Waals surface area contributed by atoms with Gasteiger partial charge in [-0.15, -0.1) is 5.10 Å². The monoisotopic (exact) mass is 625 g/mol. The molecule has 214 valence electrons. The Morgan fingerprint density at radius 2 is 1.40 bits per heavy atom. The lowest BCUT2D eigenvalue weighted by Gasteiger charge is -2.20. The zero-order chi connectivity index (χ0) is 29.5. The summed E-state index contributed by atoms with van der Waals surface area (Å²) in [7, 11) is 1.34. The Morgan fingerprint density at radius 1 is 0.810 bits per heavy atom. The van der Waals surface area contributed by atoms with E-state index in [4.69, 9.17) is 14.2 Å². The van der Waals surface area contributed by atoms with Crippen molar-refractivity contribution in [3.63, 3.8) is 0 Å². The van der Waals surface area contributed by atoms with E-state index in [9.17, 15) is 4.79 Å². The second-order valence-corrected chi connectivity index (χ2v) is 10.6. The van der Waals surface area contributed by atoms with E-state index in [0.29, 0.717) is 35.7 Å². The van der Waals surface area contributed by atoms with Crippen LogP contribution in [0.5, 0.6) is 11.5 Å². The number of aromatic nitrogens is 3. The van der Waals surface area contributed by atoms with E-state index in [0.717, 1.165) is 33.6 Å². The molecule has 0 aliphatic carbocycles. The molecule has 0 atom stereocenters. The van der Waals surface area contributed by atoms with Gasteiger partial charge in [-0.1, -0.05) is 120 Å². The maximum atomic E-state index is 12.8. The highest BCUT2D eigenvalue weighted by molar-refractivity contribution is 9.08. The van der Waals surface area contributed by atoms with E-state index >= 15 is 0 Å². The van der Waals surface area contributed by atoms with E-state index in [1.165, 1.54) is 7.11 Å². The van der Waals surface area contributed by atoms with Gasteiger partial charge in [-0.3, -0.25) is 0 Å². The molecule has 1 aromatic heterocycles. The minimum Gasteiger partial charge on any atom is -0.488 e. The summed E-state index contributed by atoms with van der Waals surface area (Å²) in [6.45, 7) is 4.97. The SMILES string of the molecule is COC(=O)c1nnn(-c2cc(C(C)C)c(OCc3ccccc3)cc2OCc2ccccc2)c1-c1ccc(CBr)cc1. The van der Waals surface area contributed by atoms with Gasteiger partial charge in [-0.2, -0.15) is 0 Å². The first-order valence-electron chi connectivity index (χ1n) is 13.7. The molecule has 0 amide bonds. The summed E-state index contributed by atoms with van der Waals surface area (Å²) >= 11 is 3.50. The molecule has 0 saturated heterocycles. The standard InChI is InChI=1S/C34H32BrN3O4/c1-23(2)28-18-29(38-33(32(36-37-38)34(39)40-3)27-16-14-24(20-35)15-17-27)31(42-22-26-12-8-5-9-13-26)19-30(28)41-21-25-10-6-4-7-11-25/h4-19,23H,20-22H2,1-3H3. The van der Waals surface area contributed by atoms with Crippen LogP contribution in [0.25, 0.3) is 16.9 Å². The summed E-state index contributed by atoms with van der Waals surface area (Å²) in [5.41, 5.74) is 6.21. The van der Waals surface area contributed by atoms with Crippen LogP contribution in [-0.4, -0.2) is 28.1 Å². The Bertz CT molecular complexity index is 1640. The summed E-state index contributed by atoms with van der Waals surface area (Å²) in [5, 5.41) is 9.42. The molecule has 0 aliphatic rings. The summed E-state index contributed by atoms with van der Waals surface area (Å²) < 4.78 is 19.5. The first-order chi connectivity index (χ1) is 20.5. The Hall–Kier alpha value is -4.43. The number of hydrogen-bond acceptors (Lipinski definition) is 6. The molecule has 0 bridgehead atoms. The van der Waals surface area contributed by atoms with Crippen LogP contribution < -0.4 is 9.47 Å². The van der Waals surface area contributed by atoms with Crippen molar-refractivity contribution in [3.05, 3.63) is 125 Å². The van der Waals surface area contributed by atoms with Crippen LogP contribution >= 0.6 is 15.9 Å². The number of ether oxygens (including phenoxy) is 3. The number of rotatable bonds is 11. The summed E-state index contributed by atoms with van der Waals surface area (Å²) in [4.78, 5) is 12.8. The fourth-order valence-corrected chi connectivity index (χ4v) is 4.96. The maximum absolute atomic E-state index is 12.8. The third-order valence-corrected chi connectivity index (χ3v) is 7.49. The number of carbonyl (C=O) groups excluding carboxylic acids is 1. The average molecular weight is 627 g/mol. The quantitative estimate of drug-likeness (QED) is 0.110. The zero-order valence-corrected chi connectivity index (χ0v) is 25.4. The number of esters is 1. The fraction of sp³-hybridized carbons (Fsp3) is 0.206. The molecule has 0 fully saturated rings. The molecule has 0 saturated carbocycles. The Labute approximate surface area is 254 Å². The molecule has 8 heteroatoms. The van der Waals surface area contributed by atoms with Crippen molar-refractivity contribution in [1.82, 2.24) is 15.0 Å². The molecule has 0 unspecified atom stereocenters. The predicted molar refractivity (Wildman–Crippen MR) is 166 cm³/mol. The molecule has 1 heterocycles. The van der Waals surface area contributed by atoms with Crippen molar-refractivity contribution in [3.8, 4) is 28.4 Å². The van der Waals surface area contributed by atoms with E-state index in [1.807, 2.05) is 97.1 Å². The molecule has 0 N–H and O–H groups in total. The molecule has 0 spiro atoms. The lowest BCUT2D eigenvalue weighted by atomic mass is 10.00. The van der Waals surface area contributed by atoms with Gasteiger partial charge in [0.1, 0.15) is 36.1 Å². The predicted octanol–water partition coefficient (Wildman–Crippen LogP) is 7.90. The molecular formula is C34H32BrN3O4. The van der Waals surface area contributed by atoms with Gasteiger partial charge in [-0.05, 0) is 34.2 Å². The molecule has 0 aliphatic heterocycles. The normalized spacial score (nSPS) is 11.0. The highest BCUT2D eigenvalue weighted by Crippen LogP contribution is 2.39. The van der Waals surface area contributed by atoms with Gasteiger partial charge >= 0.3 is 5.97 Å². The van der Waals surface area contributed by atoms with Gasteiger partial charge in [0.05, 0.1) is 7.11 Å². The Kier molecular flexibility index (Phi) is 9.34. The van der Waals surface area contributed by atoms with Crippen LogP contribution in [0.3, 0.4) is 0 Å². The lowest BCUT2D eigenvalue weighted by molar-refractivity contribution is 0.0595. The molecular weight excluding hydrogens is 594 g/mol. The van der Waals surface area contributed by atoms with Crippen LogP contribution in [0, 0.1) is 0 Å². The number of benzene rings is 4. The average Bonchev–Trinajstić information content (AvgIpc) is 3.48. The maximum Gasteiger partial charge on any atom is 0.360 e. The zero-order valence-electron chi connectivity index (χ0n) is 23.8. The van der Waals surface area contributed by atoms with Crippen molar-refractivity contribution in [1.29, 1.82) is 0 Å². The number of alkyl halides is 1. The van der Waals surface area contributed by atoms with E-state index in [1.54, 1.807) is 4.68 Å². The van der Waals surface area contributed by atoms with Crippen molar-refractivity contribution in [2.75, 3.05) is 7.11 Å². The van der Waals surface area contributed by atoms with Gasteiger partial charge in [0, 0.05) is 17.0 Å². The van der Waals surface area contributed by atoms with Crippen LogP contribution in [0.1, 0.15) is 52.5 Å². The highest BCUT2D eigenvalue weighted by Gasteiger charge is 2.26. The summed E-state index contributed by atoms with van der Waals surface area (Å²) in [6.07, 6.45) is 0. The number of halogens is 1. The van der Waals surface area contributed by atoms with Crippen molar-refractivity contribution in [2.45, 2.75) is 38.3 Å². The van der Waals surface area contributed by atoms with Gasteiger partial charge in [0.15, 0.2) is 5.69 Å². The van der Waals surface area contributed by atoms with Crippen LogP contribution in [0.2, 0.25) is 0 Å². The molecule has 5 aromatic rings. The molecule has 42 heavy (non-hydrogen) atoms. The molecule has 4 aromatic carbocycles. The summed E-state index contributed by atoms with van der Waals surface area (Å²) in [5.74, 6) is 0.825. The second kappa shape index (κ2) is 13.5. The van der Waals surface area contributed by atoms with Crippen LogP contribution in [0.15, 0.2) is 97.1 Å². The number of carbonyl (C=O) groups is 1. The first-order valence-corrected chi connectivity index (χ1v) is 14.8. The van der Waals surface area contributed by atoms with Crippen molar-refractivity contribution < 1.29 is 19.0 Å². The molecule has 7 nitrogen and oxygen atoms in total. The van der Waals surface area contributed by atoms with Crippen LogP contribution in [-0.2, 0) is 23.3 Å². The Morgan fingerprint density at radius 3 is 1.95 bits per heavy atom. The third kappa shape index (κ3) is 6.55. The first kappa shape index (κ1) is 29.1. The molecule has 0 radical (unpaired) electrons. The minimum absolute atomic E-state index is 0.119. The minimum atomic E-state index is -0.570. The topological polar surface area (TPSA) is 75.5 Å². The van der Waals surface area contributed by atoms with Gasteiger partial charge in [0.2, 0.25) is 0 Å². The summed E-state index contributed by atoms with van der Waals surface area (Å²) in [6, 6.07) is 31.8. The van der Waals surface area contributed by atoms with E-state index in [2.05, 4.69) is 40.1 Å². The highest BCUT2D eigenvalue weighted by atomic mass is 79.9. The van der Waals surface area contributed by atoms with E-state index in [-0.39, 0.29) is 11.6 Å². The second-order valence-electron chi connectivity index (χ2n) is 10.1.